The van der Waals surface area contributed by atoms with Gasteiger partial charge in [-0.15, -0.1) is 0 Å². The molecule has 0 aromatic rings. The summed E-state index contributed by atoms with van der Waals surface area (Å²) in [6, 6.07) is 0. The molecule has 0 N–H and O–H groups in total. The normalized spacial score (nSPS) is 5.80. The zero-order valence-electron chi connectivity index (χ0n) is 5.99. The molecule has 0 spiro atoms. The number of carbonyl (C=O) groups excluding carboxylic acids is 1. The third-order valence-corrected chi connectivity index (χ3v) is 0.287. The topological polar surface area (TPSA) is 92.5 Å². The first-order valence-corrected chi connectivity index (χ1v) is 1.86. The standard InChI is InChI=1S/C3H6O2.K.NO3/c1-3(4)5-2;;2-1(3)4/h1-2H3;;/q;+1;-1. The molecule has 0 aromatic heterocycles. The number of methoxy groups -OCH3 is 1. The molecule has 0 aliphatic heterocycles. The molecule has 0 amide bonds. The van der Waals surface area contributed by atoms with Crippen LogP contribution in [-0.4, -0.2) is 18.2 Å². The van der Waals surface area contributed by atoms with Gasteiger partial charge in [0.15, 0.2) is 0 Å². The molecule has 10 heavy (non-hydrogen) atoms. The van der Waals surface area contributed by atoms with E-state index in [2.05, 4.69) is 4.74 Å². The first kappa shape index (κ1) is 16.7. The molecule has 0 radical (unpaired) electrons. The molecule has 0 fully saturated rings. The van der Waals surface area contributed by atoms with E-state index in [1.807, 2.05) is 0 Å². The van der Waals surface area contributed by atoms with E-state index in [1.54, 1.807) is 0 Å². The van der Waals surface area contributed by atoms with Crippen LogP contribution in [-0.2, 0) is 9.53 Å². The third-order valence-electron chi connectivity index (χ3n) is 0.287. The van der Waals surface area contributed by atoms with Crippen LogP contribution in [0.25, 0.3) is 0 Å². The SMILES string of the molecule is COC(C)=O.O=[N+]([O-])[O-].[K+]. The van der Waals surface area contributed by atoms with E-state index in [4.69, 9.17) is 15.3 Å². The van der Waals surface area contributed by atoms with Crippen molar-refractivity contribution in [2.75, 3.05) is 7.11 Å². The Morgan fingerprint density at radius 2 is 1.60 bits per heavy atom. The second-order valence-electron chi connectivity index (χ2n) is 0.919. The fraction of sp³-hybridized carbons (Fsp3) is 0.667. The van der Waals surface area contributed by atoms with Crippen molar-refractivity contribution in [3.8, 4) is 0 Å². The molecule has 0 aromatic carbocycles. The number of hydrogen-bond acceptors (Lipinski definition) is 5. The van der Waals surface area contributed by atoms with Crippen LogP contribution in [0.1, 0.15) is 6.92 Å². The molecule has 0 heterocycles. The fourth-order valence-electron chi connectivity index (χ4n) is 0. The van der Waals surface area contributed by atoms with Gasteiger partial charge in [0.1, 0.15) is 0 Å². The Hall–Kier alpha value is 0.306. The van der Waals surface area contributed by atoms with Gasteiger partial charge in [0.2, 0.25) is 0 Å². The van der Waals surface area contributed by atoms with Gasteiger partial charge < -0.3 is 20.1 Å². The van der Waals surface area contributed by atoms with Gasteiger partial charge in [-0.2, -0.15) is 0 Å². The molecule has 0 aliphatic rings. The van der Waals surface area contributed by atoms with Crippen molar-refractivity contribution in [2.24, 2.45) is 0 Å². The van der Waals surface area contributed by atoms with E-state index in [-0.39, 0.29) is 57.4 Å². The molecule has 0 atom stereocenters. The van der Waals surface area contributed by atoms with E-state index < -0.39 is 5.09 Å². The van der Waals surface area contributed by atoms with Crippen molar-refractivity contribution in [2.45, 2.75) is 6.92 Å². The van der Waals surface area contributed by atoms with Crippen LogP contribution in [0.4, 0.5) is 0 Å². The van der Waals surface area contributed by atoms with Gasteiger partial charge in [0.25, 0.3) is 0 Å². The number of carbonyl (C=O) groups is 1. The van der Waals surface area contributed by atoms with Crippen LogP contribution < -0.4 is 51.4 Å². The predicted octanol–water partition coefficient (Wildman–Crippen LogP) is -3.06. The van der Waals surface area contributed by atoms with Crippen LogP contribution >= 0.6 is 0 Å². The summed E-state index contributed by atoms with van der Waals surface area (Å²) in [5, 5.41) is 14.8. The third kappa shape index (κ3) is 83.4. The molecular weight excluding hydrogens is 169 g/mol. The van der Waals surface area contributed by atoms with E-state index in [0.717, 1.165) is 0 Å². The van der Waals surface area contributed by atoms with Crippen LogP contribution in [0.5, 0.6) is 0 Å². The van der Waals surface area contributed by atoms with E-state index in [0.29, 0.717) is 0 Å². The molecular formula is C3H6KNO5. The average molecular weight is 175 g/mol. The number of nitrogens with zero attached hydrogens (tertiary/aromatic N) is 1. The number of rotatable bonds is 0. The molecule has 54 valence electrons. The Balaban J connectivity index is -0.0000000910. The van der Waals surface area contributed by atoms with Gasteiger partial charge in [0.05, 0.1) is 12.2 Å². The van der Waals surface area contributed by atoms with Gasteiger partial charge in [-0.25, -0.2) is 0 Å². The summed E-state index contributed by atoms with van der Waals surface area (Å²) in [6.45, 7) is 1.36. The summed E-state index contributed by atoms with van der Waals surface area (Å²) in [6.07, 6.45) is 0. The van der Waals surface area contributed by atoms with Crippen LogP contribution in [0, 0.1) is 15.3 Å². The number of esters is 1. The molecule has 7 heteroatoms. The zero-order chi connectivity index (χ0) is 7.86. The molecule has 0 unspecified atom stereocenters. The van der Waals surface area contributed by atoms with Gasteiger partial charge in [0, 0.05) is 6.92 Å². The summed E-state index contributed by atoms with van der Waals surface area (Å²) < 4.78 is 4.11. The van der Waals surface area contributed by atoms with Crippen molar-refractivity contribution in [1.82, 2.24) is 0 Å². The van der Waals surface area contributed by atoms with Crippen molar-refractivity contribution >= 4 is 5.97 Å². The minimum Gasteiger partial charge on any atom is -0.469 e. The maximum absolute atomic E-state index is 9.59. The Morgan fingerprint density at radius 1 is 1.50 bits per heavy atom. The van der Waals surface area contributed by atoms with Crippen molar-refractivity contribution < 1.29 is 66.0 Å². The van der Waals surface area contributed by atoms with Crippen LogP contribution in [0.15, 0.2) is 0 Å². The van der Waals surface area contributed by atoms with Gasteiger partial charge in [-0.1, -0.05) is 0 Å². The fourth-order valence-corrected chi connectivity index (χ4v) is 0. The first-order chi connectivity index (χ1) is 4.00. The smallest absolute Gasteiger partial charge is 0.469 e. The first-order valence-electron chi connectivity index (χ1n) is 1.86. The molecule has 0 bridgehead atoms. The van der Waals surface area contributed by atoms with E-state index in [9.17, 15) is 4.79 Å². The van der Waals surface area contributed by atoms with Crippen molar-refractivity contribution in [3.05, 3.63) is 15.3 Å². The Kier molecular flexibility index (Phi) is 20.1. The van der Waals surface area contributed by atoms with E-state index >= 15 is 0 Å². The van der Waals surface area contributed by atoms with Gasteiger partial charge in [-0.05, 0) is 0 Å². The molecule has 0 aliphatic carbocycles. The van der Waals surface area contributed by atoms with Crippen LogP contribution in [0.2, 0.25) is 0 Å². The van der Waals surface area contributed by atoms with Crippen molar-refractivity contribution in [3.63, 3.8) is 0 Å². The monoisotopic (exact) mass is 175 g/mol. The molecule has 0 saturated heterocycles. The Morgan fingerprint density at radius 3 is 1.60 bits per heavy atom. The summed E-state index contributed by atoms with van der Waals surface area (Å²) in [4.78, 5) is 17.8. The maximum Gasteiger partial charge on any atom is 1.00 e. The minimum atomic E-state index is -1.75. The summed E-state index contributed by atoms with van der Waals surface area (Å²) in [5.41, 5.74) is 0. The second kappa shape index (κ2) is 12.0. The van der Waals surface area contributed by atoms with Gasteiger partial charge >= 0.3 is 57.4 Å². The maximum atomic E-state index is 9.59. The zero-order valence-corrected chi connectivity index (χ0v) is 9.11. The van der Waals surface area contributed by atoms with Crippen molar-refractivity contribution in [1.29, 1.82) is 0 Å². The van der Waals surface area contributed by atoms with Crippen LogP contribution in [0.3, 0.4) is 0 Å². The number of hydrogen-bond donors (Lipinski definition) is 0. The molecule has 0 rings (SSSR count). The largest absolute Gasteiger partial charge is 1.00 e. The van der Waals surface area contributed by atoms with Gasteiger partial charge in [-0.3, -0.25) is 4.79 Å². The minimum absolute atomic E-state index is 0. The average Bonchev–Trinajstić information content (AvgIpc) is 1.65. The predicted molar refractivity (Wildman–Crippen MR) is 28.1 cm³/mol. The quantitative estimate of drug-likeness (QED) is 0.169. The van der Waals surface area contributed by atoms with E-state index in [1.165, 1.54) is 14.0 Å². The second-order valence-corrected chi connectivity index (χ2v) is 0.919. The summed E-state index contributed by atoms with van der Waals surface area (Å²) >= 11 is 0. The Labute approximate surface area is 100 Å². The summed E-state index contributed by atoms with van der Waals surface area (Å²) in [5.74, 6) is -0.245. The molecule has 6 nitrogen and oxygen atoms in total. The number of ether oxygens (including phenoxy) is 1. The molecule has 0 saturated carbocycles. The Bertz CT molecular complexity index is 101. The summed E-state index contributed by atoms with van der Waals surface area (Å²) in [7, 11) is 1.35.